The summed E-state index contributed by atoms with van der Waals surface area (Å²) in [6.07, 6.45) is 3.68. The molecule has 4 aromatic rings. The minimum Gasteiger partial charge on any atom is -0.494 e. The van der Waals surface area contributed by atoms with Crippen molar-refractivity contribution in [2.75, 3.05) is 50.2 Å². The van der Waals surface area contributed by atoms with Gasteiger partial charge in [0.05, 0.1) is 38.3 Å². The maximum atomic E-state index is 9.45. The third-order valence-electron chi connectivity index (χ3n) is 6.74. The number of hydrogen-bond acceptors (Lipinski definition) is 9. The van der Waals surface area contributed by atoms with Crippen molar-refractivity contribution in [3.05, 3.63) is 72.1 Å². The van der Waals surface area contributed by atoms with Crippen LogP contribution < -0.4 is 20.3 Å². The van der Waals surface area contributed by atoms with E-state index in [9.17, 15) is 5.11 Å². The van der Waals surface area contributed by atoms with Crippen molar-refractivity contribution in [1.82, 2.24) is 25.1 Å². The van der Waals surface area contributed by atoms with Gasteiger partial charge in [-0.3, -0.25) is 0 Å². The number of hydrogen-bond donors (Lipinski definition) is 3. The highest BCUT2D eigenvalue weighted by atomic mass is 16.5. The average molecular weight is 530 g/mol. The minimum atomic E-state index is -0.0279. The van der Waals surface area contributed by atoms with Gasteiger partial charge in [0.1, 0.15) is 5.75 Å². The Morgan fingerprint density at radius 3 is 2.67 bits per heavy atom. The first-order valence-electron chi connectivity index (χ1n) is 13.2. The van der Waals surface area contributed by atoms with Crippen LogP contribution in [0, 0.1) is 6.92 Å². The van der Waals surface area contributed by atoms with Crippen LogP contribution in [0.4, 0.5) is 17.3 Å². The maximum Gasteiger partial charge on any atom is 0.229 e. The molecule has 1 aliphatic rings. The first-order chi connectivity index (χ1) is 19.1. The molecule has 39 heavy (non-hydrogen) atoms. The number of aryl methyl sites for hydroxylation is 1. The molecule has 204 valence electrons. The van der Waals surface area contributed by atoms with E-state index in [0.29, 0.717) is 24.1 Å². The van der Waals surface area contributed by atoms with Gasteiger partial charge in [-0.25, -0.2) is 9.67 Å². The predicted molar refractivity (Wildman–Crippen MR) is 152 cm³/mol. The zero-order chi connectivity index (χ0) is 27.2. The molecule has 2 aromatic heterocycles. The largest absolute Gasteiger partial charge is 0.494 e. The second kappa shape index (κ2) is 12.2. The van der Waals surface area contributed by atoms with Crippen LogP contribution in [0.15, 0.2) is 60.9 Å². The number of ether oxygens (including phenoxy) is 2. The SMILES string of the molecule is COc1cc(N2CCOCC2)c(C)cc1Nc1nccc(-n2cc(CNC(C)CO)c(-c3ccccc3)n2)n1. The van der Waals surface area contributed by atoms with Crippen molar-refractivity contribution in [2.24, 2.45) is 0 Å². The van der Waals surface area contributed by atoms with Gasteiger partial charge in [0, 0.05) is 67.0 Å². The fraction of sp³-hybridized carbons (Fsp3) is 0.345. The first kappa shape index (κ1) is 26.6. The molecule has 0 bridgehead atoms. The zero-order valence-corrected chi connectivity index (χ0v) is 22.6. The van der Waals surface area contributed by atoms with Crippen molar-refractivity contribution in [1.29, 1.82) is 0 Å². The van der Waals surface area contributed by atoms with Gasteiger partial charge in [0.25, 0.3) is 0 Å². The van der Waals surface area contributed by atoms with Gasteiger partial charge in [0.2, 0.25) is 5.95 Å². The molecule has 1 aliphatic heterocycles. The zero-order valence-electron chi connectivity index (χ0n) is 22.6. The molecular weight excluding hydrogens is 494 g/mol. The number of anilines is 3. The predicted octanol–water partition coefficient (Wildman–Crippen LogP) is 3.70. The van der Waals surface area contributed by atoms with Crippen LogP contribution in [-0.2, 0) is 11.3 Å². The van der Waals surface area contributed by atoms with Crippen LogP contribution in [0.5, 0.6) is 5.75 Å². The topological polar surface area (TPSA) is 110 Å². The van der Waals surface area contributed by atoms with Crippen LogP contribution in [0.3, 0.4) is 0 Å². The van der Waals surface area contributed by atoms with Crippen LogP contribution in [0.2, 0.25) is 0 Å². The molecule has 0 radical (unpaired) electrons. The van der Waals surface area contributed by atoms with E-state index in [2.05, 4.69) is 39.6 Å². The number of nitrogens with one attached hydrogen (secondary N) is 2. The Labute approximate surface area is 228 Å². The van der Waals surface area contributed by atoms with Gasteiger partial charge < -0.3 is 30.1 Å². The van der Waals surface area contributed by atoms with Crippen LogP contribution in [-0.4, -0.2) is 70.9 Å². The third kappa shape index (κ3) is 6.19. The molecule has 2 aromatic carbocycles. The number of morpholine rings is 1. The monoisotopic (exact) mass is 529 g/mol. The Balaban J connectivity index is 1.42. The molecule has 0 amide bonds. The standard InChI is InChI=1S/C29H35N7O3/c1-20-15-24(26(38-3)16-25(20)35-11-13-39-14-12-35)32-29-30-10-9-27(33-29)36-18-23(17-31-21(2)19-37)28(34-36)22-7-5-4-6-8-22/h4-10,15-16,18,21,31,37H,11-14,17,19H2,1-3H3,(H,30,32,33). The van der Waals surface area contributed by atoms with Gasteiger partial charge in [-0.15, -0.1) is 0 Å². The summed E-state index contributed by atoms with van der Waals surface area (Å²) >= 11 is 0. The number of nitrogens with zero attached hydrogens (tertiary/aromatic N) is 5. The van der Waals surface area contributed by atoms with Crippen molar-refractivity contribution in [3.8, 4) is 22.8 Å². The van der Waals surface area contributed by atoms with Crippen molar-refractivity contribution >= 4 is 17.3 Å². The lowest BCUT2D eigenvalue weighted by molar-refractivity contribution is 0.122. The molecule has 10 nitrogen and oxygen atoms in total. The highest BCUT2D eigenvalue weighted by molar-refractivity contribution is 5.71. The highest BCUT2D eigenvalue weighted by Crippen LogP contribution is 2.35. The summed E-state index contributed by atoms with van der Waals surface area (Å²) in [7, 11) is 1.66. The molecule has 3 heterocycles. The summed E-state index contributed by atoms with van der Waals surface area (Å²) in [5.41, 5.74) is 5.93. The van der Waals surface area contributed by atoms with Crippen LogP contribution >= 0.6 is 0 Å². The molecule has 1 fully saturated rings. The summed E-state index contributed by atoms with van der Waals surface area (Å²) in [5.74, 6) is 1.79. The van der Waals surface area contributed by atoms with Gasteiger partial charge in [-0.2, -0.15) is 10.1 Å². The number of methoxy groups -OCH3 is 1. The van der Waals surface area contributed by atoms with E-state index in [1.54, 1.807) is 18.0 Å². The van der Waals surface area contributed by atoms with Gasteiger partial charge >= 0.3 is 0 Å². The summed E-state index contributed by atoms with van der Waals surface area (Å²) in [6, 6.07) is 16.0. The van der Waals surface area contributed by atoms with E-state index < -0.39 is 0 Å². The number of aromatic nitrogens is 4. The Hall–Kier alpha value is -3.99. The van der Waals surface area contributed by atoms with Crippen molar-refractivity contribution in [2.45, 2.75) is 26.4 Å². The molecule has 1 unspecified atom stereocenters. The number of benzene rings is 2. The van der Waals surface area contributed by atoms with E-state index in [1.807, 2.05) is 49.5 Å². The van der Waals surface area contributed by atoms with E-state index in [0.717, 1.165) is 60.1 Å². The minimum absolute atomic E-state index is 0.0279. The quantitative estimate of drug-likeness (QED) is 0.283. The molecule has 5 rings (SSSR count). The number of aliphatic hydroxyl groups is 1. The number of rotatable bonds is 10. The lowest BCUT2D eigenvalue weighted by atomic mass is 10.1. The van der Waals surface area contributed by atoms with E-state index in [1.165, 1.54) is 0 Å². The van der Waals surface area contributed by atoms with Gasteiger partial charge in [-0.05, 0) is 25.5 Å². The smallest absolute Gasteiger partial charge is 0.229 e. The lowest BCUT2D eigenvalue weighted by Crippen LogP contribution is -2.36. The Bertz CT molecular complexity index is 1390. The lowest BCUT2D eigenvalue weighted by Gasteiger charge is -2.30. The van der Waals surface area contributed by atoms with E-state index in [-0.39, 0.29) is 12.6 Å². The molecule has 0 aliphatic carbocycles. The Kier molecular flexibility index (Phi) is 8.36. The first-order valence-corrected chi connectivity index (χ1v) is 13.2. The van der Waals surface area contributed by atoms with E-state index >= 15 is 0 Å². The van der Waals surface area contributed by atoms with Crippen molar-refractivity contribution in [3.63, 3.8) is 0 Å². The van der Waals surface area contributed by atoms with Crippen LogP contribution in [0.25, 0.3) is 17.1 Å². The molecule has 3 N–H and O–H groups in total. The maximum absolute atomic E-state index is 9.45. The summed E-state index contributed by atoms with van der Waals surface area (Å²) in [6.45, 7) is 7.81. The molecule has 0 saturated carbocycles. The molecule has 0 spiro atoms. The molecular formula is C29H35N7O3. The molecule has 1 saturated heterocycles. The molecule has 1 atom stereocenters. The second-order valence-corrected chi connectivity index (χ2v) is 9.58. The van der Waals surface area contributed by atoms with Gasteiger partial charge in [-0.1, -0.05) is 30.3 Å². The van der Waals surface area contributed by atoms with Gasteiger partial charge in [0.15, 0.2) is 5.82 Å². The number of aliphatic hydroxyl groups excluding tert-OH is 1. The Morgan fingerprint density at radius 2 is 1.92 bits per heavy atom. The second-order valence-electron chi connectivity index (χ2n) is 9.58. The van der Waals surface area contributed by atoms with Crippen LogP contribution in [0.1, 0.15) is 18.1 Å². The summed E-state index contributed by atoms with van der Waals surface area (Å²) in [5, 5.41) is 21.0. The average Bonchev–Trinajstić information content (AvgIpc) is 3.41. The third-order valence-corrected chi connectivity index (χ3v) is 6.74. The molecule has 10 heteroatoms. The fourth-order valence-corrected chi connectivity index (χ4v) is 4.59. The normalized spacial score (nSPS) is 14.3. The highest BCUT2D eigenvalue weighted by Gasteiger charge is 2.18. The fourth-order valence-electron chi connectivity index (χ4n) is 4.59. The van der Waals surface area contributed by atoms with E-state index in [4.69, 9.17) is 19.6 Å². The summed E-state index contributed by atoms with van der Waals surface area (Å²) in [4.78, 5) is 11.5. The summed E-state index contributed by atoms with van der Waals surface area (Å²) < 4.78 is 13.0. The van der Waals surface area contributed by atoms with Crippen molar-refractivity contribution < 1.29 is 14.6 Å². The Morgan fingerprint density at radius 1 is 1.13 bits per heavy atom.